The fourth-order valence-corrected chi connectivity index (χ4v) is 2.09. The van der Waals surface area contributed by atoms with Crippen molar-refractivity contribution in [3.8, 4) is 0 Å². The van der Waals surface area contributed by atoms with Crippen LogP contribution in [0.25, 0.3) is 0 Å². The molecule has 2 rings (SSSR count). The first kappa shape index (κ1) is 13.3. The molecule has 0 fully saturated rings. The van der Waals surface area contributed by atoms with E-state index in [-0.39, 0.29) is 6.04 Å². The van der Waals surface area contributed by atoms with Crippen molar-refractivity contribution >= 4 is 23.2 Å². The molecule has 0 bridgehead atoms. The van der Waals surface area contributed by atoms with Gasteiger partial charge in [0.05, 0.1) is 0 Å². The Balaban J connectivity index is 2.01. The van der Waals surface area contributed by atoms with E-state index in [4.69, 9.17) is 23.2 Å². The summed E-state index contributed by atoms with van der Waals surface area (Å²) in [4.78, 5) is 4.01. The summed E-state index contributed by atoms with van der Waals surface area (Å²) in [5.41, 5.74) is 2.20. The van der Waals surface area contributed by atoms with Gasteiger partial charge in [-0.1, -0.05) is 23.2 Å². The van der Waals surface area contributed by atoms with E-state index in [0.29, 0.717) is 11.6 Å². The van der Waals surface area contributed by atoms with E-state index in [2.05, 4.69) is 17.2 Å². The van der Waals surface area contributed by atoms with Crippen LogP contribution in [0.3, 0.4) is 0 Å². The number of hydrogen-bond donors (Lipinski definition) is 1. The third-order valence-electron chi connectivity index (χ3n) is 2.81. The molecule has 0 saturated heterocycles. The Labute approximate surface area is 117 Å². The van der Waals surface area contributed by atoms with Gasteiger partial charge in [-0.25, -0.2) is 0 Å². The summed E-state index contributed by atoms with van der Waals surface area (Å²) in [5.74, 6) is 0. The van der Waals surface area contributed by atoms with Gasteiger partial charge in [-0.2, -0.15) is 0 Å². The van der Waals surface area contributed by atoms with E-state index in [0.717, 1.165) is 10.6 Å². The molecule has 2 aromatic rings. The summed E-state index contributed by atoms with van der Waals surface area (Å²) in [6.45, 7) is 2.79. The minimum Gasteiger partial charge on any atom is -0.306 e. The van der Waals surface area contributed by atoms with Crippen LogP contribution in [0.1, 0.15) is 24.1 Å². The SMILES string of the molecule is C[C@@H](NCc1cc(Cl)ccc1Cl)c1ccncc1. The second-order valence-electron chi connectivity index (χ2n) is 4.12. The lowest BCUT2D eigenvalue weighted by Crippen LogP contribution is -2.18. The lowest BCUT2D eigenvalue weighted by atomic mass is 10.1. The second kappa shape index (κ2) is 6.19. The third kappa shape index (κ3) is 3.45. The summed E-state index contributed by atoms with van der Waals surface area (Å²) < 4.78 is 0. The van der Waals surface area contributed by atoms with E-state index in [1.807, 2.05) is 24.3 Å². The maximum atomic E-state index is 6.12. The number of nitrogens with zero attached hydrogens (tertiary/aromatic N) is 1. The third-order valence-corrected chi connectivity index (χ3v) is 3.42. The number of pyridine rings is 1. The molecule has 0 aliphatic heterocycles. The van der Waals surface area contributed by atoms with Crippen molar-refractivity contribution in [3.05, 3.63) is 63.9 Å². The van der Waals surface area contributed by atoms with Crippen LogP contribution in [-0.4, -0.2) is 4.98 Å². The van der Waals surface area contributed by atoms with Crippen molar-refractivity contribution in [2.24, 2.45) is 0 Å². The molecule has 0 saturated carbocycles. The normalized spacial score (nSPS) is 12.4. The smallest absolute Gasteiger partial charge is 0.0451 e. The Bertz CT molecular complexity index is 514. The molecule has 18 heavy (non-hydrogen) atoms. The maximum absolute atomic E-state index is 6.12. The number of benzene rings is 1. The monoisotopic (exact) mass is 280 g/mol. The molecule has 1 aromatic carbocycles. The van der Waals surface area contributed by atoms with E-state index < -0.39 is 0 Å². The van der Waals surface area contributed by atoms with Gasteiger partial charge < -0.3 is 5.32 Å². The number of nitrogens with one attached hydrogen (secondary N) is 1. The van der Waals surface area contributed by atoms with Gasteiger partial charge in [-0.15, -0.1) is 0 Å². The molecular weight excluding hydrogens is 267 g/mol. The first-order valence-electron chi connectivity index (χ1n) is 5.74. The molecule has 2 nitrogen and oxygen atoms in total. The molecule has 4 heteroatoms. The van der Waals surface area contributed by atoms with Crippen molar-refractivity contribution in [3.63, 3.8) is 0 Å². The highest BCUT2D eigenvalue weighted by molar-refractivity contribution is 6.33. The van der Waals surface area contributed by atoms with Gasteiger partial charge in [0.1, 0.15) is 0 Å². The maximum Gasteiger partial charge on any atom is 0.0451 e. The lowest BCUT2D eigenvalue weighted by Gasteiger charge is -2.14. The predicted molar refractivity (Wildman–Crippen MR) is 76.0 cm³/mol. The quantitative estimate of drug-likeness (QED) is 0.906. The minimum atomic E-state index is 0.239. The van der Waals surface area contributed by atoms with Gasteiger partial charge in [0, 0.05) is 35.0 Å². The summed E-state index contributed by atoms with van der Waals surface area (Å²) in [6.07, 6.45) is 3.58. The number of hydrogen-bond acceptors (Lipinski definition) is 2. The molecule has 1 heterocycles. The zero-order valence-electron chi connectivity index (χ0n) is 10.0. The van der Waals surface area contributed by atoms with Crippen molar-refractivity contribution in [2.75, 3.05) is 0 Å². The van der Waals surface area contributed by atoms with Crippen molar-refractivity contribution in [1.82, 2.24) is 10.3 Å². The molecule has 0 amide bonds. The highest BCUT2D eigenvalue weighted by Gasteiger charge is 2.06. The first-order chi connectivity index (χ1) is 8.66. The Hall–Kier alpha value is -1.09. The molecular formula is C14H14Cl2N2. The fraction of sp³-hybridized carbons (Fsp3) is 0.214. The molecule has 1 aromatic heterocycles. The molecule has 0 aliphatic carbocycles. The summed E-state index contributed by atoms with van der Waals surface area (Å²) in [7, 11) is 0. The minimum absolute atomic E-state index is 0.239. The topological polar surface area (TPSA) is 24.9 Å². The van der Waals surface area contributed by atoms with Crippen molar-refractivity contribution in [1.29, 1.82) is 0 Å². The summed E-state index contributed by atoms with van der Waals surface area (Å²) in [5, 5.41) is 4.84. The predicted octanol–water partition coefficient (Wildman–Crippen LogP) is 4.24. The van der Waals surface area contributed by atoms with Crippen molar-refractivity contribution < 1.29 is 0 Å². The second-order valence-corrected chi connectivity index (χ2v) is 4.96. The zero-order valence-corrected chi connectivity index (χ0v) is 11.5. The van der Waals surface area contributed by atoms with Crippen LogP contribution in [-0.2, 0) is 6.54 Å². The molecule has 0 radical (unpaired) electrons. The van der Waals surface area contributed by atoms with Gasteiger partial charge in [-0.3, -0.25) is 4.98 Å². The van der Waals surface area contributed by atoms with Gasteiger partial charge in [-0.05, 0) is 48.4 Å². The average Bonchev–Trinajstić information content (AvgIpc) is 2.40. The lowest BCUT2D eigenvalue weighted by molar-refractivity contribution is 0.574. The van der Waals surface area contributed by atoms with Gasteiger partial charge in [0.25, 0.3) is 0 Å². The van der Waals surface area contributed by atoms with Crippen LogP contribution < -0.4 is 5.32 Å². The van der Waals surface area contributed by atoms with E-state index in [1.165, 1.54) is 5.56 Å². The van der Waals surface area contributed by atoms with E-state index in [9.17, 15) is 0 Å². The molecule has 0 spiro atoms. The summed E-state index contributed by atoms with van der Waals surface area (Å²) in [6, 6.07) is 9.73. The largest absolute Gasteiger partial charge is 0.306 e. The fourth-order valence-electron chi connectivity index (χ4n) is 1.71. The van der Waals surface area contributed by atoms with Crippen LogP contribution in [0.2, 0.25) is 10.0 Å². The van der Waals surface area contributed by atoms with Gasteiger partial charge in [0.15, 0.2) is 0 Å². The summed E-state index contributed by atoms with van der Waals surface area (Å²) >= 11 is 12.1. The van der Waals surface area contributed by atoms with Crippen LogP contribution >= 0.6 is 23.2 Å². The Morgan fingerprint density at radius 1 is 1.17 bits per heavy atom. The van der Waals surface area contributed by atoms with Crippen LogP contribution in [0.4, 0.5) is 0 Å². The molecule has 0 unspecified atom stereocenters. The van der Waals surface area contributed by atoms with Gasteiger partial charge >= 0.3 is 0 Å². The standard InChI is InChI=1S/C14H14Cl2N2/c1-10(11-4-6-17-7-5-11)18-9-12-8-13(15)2-3-14(12)16/h2-8,10,18H,9H2,1H3/t10-/m1/s1. The molecule has 94 valence electrons. The van der Waals surface area contributed by atoms with Gasteiger partial charge in [0.2, 0.25) is 0 Å². The molecule has 1 atom stereocenters. The Morgan fingerprint density at radius 3 is 2.61 bits per heavy atom. The van der Waals surface area contributed by atoms with Crippen LogP contribution in [0.5, 0.6) is 0 Å². The Kier molecular flexibility index (Phi) is 4.59. The Morgan fingerprint density at radius 2 is 1.89 bits per heavy atom. The highest BCUT2D eigenvalue weighted by atomic mass is 35.5. The van der Waals surface area contributed by atoms with E-state index >= 15 is 0 Å². The highest BCUT2D eigenvalue weighted by Crippen LogP contribution is 2.21. The number of halogens is 2. The van der Waals surface area contributed by atoms with Crippen LogP contribution in [0, 0.1) is 0 Å². The first-order valence-corrected chi connectivity index (χ1v) is 6.49. The number of rotatable bonds is 4. The van der Waals surface area contributed by atoms with Crippen LogP contribution in [0.15, 0.2) is 42.7 Å². The van der Waals surface area contributed by atoms with Crippen molar-refractivity contribution in [2.45, 2.75) is 19.5 Å². The average molecular weight is 281 g/mol. The zero-order chi connectivity index (χ0) is 13.0. The molecule has 0 aliphatic rings. The molecule has 1 N–H and O–H groups in total. The van der Waals surface area contributed by atoms with E-state index in [1.54, 1.807) is 18.5 Å². The number of aromatic nitrogens is 1.